The van der Waals surface area contributed by atoms with Crippen molar-refractivity contribution >= 4 is 0 Å². The molecule has 0 aromatic carbocycles. The first-order valence-corrected chi connectivity index (χ1v) is 5.27. The van der Waals surface area contributed by atoms with Crippen LogP contribution in [0.1, 0.15) is 46.0 Å². The van der Waals surface area contributed by atoms with Crippen molar-refractivity contribution in [3.63, 3.8) is 0 Å². The summed E-state index contributed by atoms with van der Waals surface area (Å²) in [4.78, 5) is 2.27. The molecule has 74 valence electrons. The molecular weight excluding hydrogens is 146 g/mol. The van der Waals surface area contributed by atoms with E-state index in [4.69, 9.17) is 0 Å². The van der Waals surface area contributed by atoms with Crippen molar-refractivity contribution in [2.24, 2.45) is 5.92 Å². The van der Waals surface area contributed by atoms with Gasteiger partial charge in [0.25, 0.3) is 0 Å². The molecule has 1 nitrogen and oxygen atoms in total. The molecule has 0 aromatic rings. The Labute approximate surface area is 78.1 Å². The van der Waals surface area contributed by atoms with Crippen molar-refractivity contribution in [2.45, 2.75) is 46.0 Å². The summed E-state index contributed by atoms with van der Waals surface area (Å²) in [7, 11) is 4.29. The molecule has 1 heteroatoms. The average Bonchev–Trinajstić information content (AvgIpc) is 1.95. The number of unbranched alkanes of at least 4 members (excludes halogenated alkanes) is 3. The SMILES string of the molecule is CC(C)CCCCCCN(C)C. The molecule has 12 heavy (non-hydrogen) atoms. The van der Waals surface area contributed by atoms with Crippen LogP contribution in [-0.4, -0.2) is 25.5 Å². The standard InChI is InChI=1S/C11H25N/c1-11(2)9-7-5-6-8-10-12(3)4/h11H,5-10H2,1-4H3. The second-order valence-corrected chi connectivity index (χ2v) is 4.40. The van der Waals surface area contributed by atoms with Gasteiger partial charge in [0.15, 0.2) is 0 Å². The van der Waals surface area contributed by atoms with Crippen LogP contribution >= 0.6 is 0 Å². The van der Waals surface area contributed by atoms with Gasteiger partial charge >= 0.3 is 0 Å². The number of hydrogen-bond donors (Lipinski definition) is 0. The fourth-order valence-corrected chi connectivity index (χ4v) is 1.33. The lowest BCUT2D eigenvalue weighted by atomic mass is 10.0. The zero-order valence-electron chi connectivity index (χ0n) is 9.27. The summed E-state index contributed by atoms with van der Waals surface area (Å²) in [6, 6.07) is 0. The molecule has 0 bridgehead atoms. The van der Waals surface area contributed by atoms with Gasteiger partial charge in [-0.15, -0.1) is 0 Å². The molecular formula is C11H25N. The highest BCUT2D eigenvalue weighted by Gasteiger charge is 1.94. The summed E-state index contributed by atoms with van der Waals surface area (Å²) in [5.41, 5.74) is 0. The van der Waals surface area contributed by atoms with Crippen LogP contribution in [0, 0.1) is 5.92 Å². The molecule has 0 aromatic heterocycles. The Morgan fingerprint density at radius 3 is 2.00 bits per heavy atom. The third kappa shape index (κ3) is 9.96. The Morgan fingerprint density at radius 2 is 1.50 bits per heavy atom. The Balaban J connectivity index is 2.91. The third-order valence-corrected chi connectivity index (χ3v) is 2.14. The van der Waals surface area contributed by atoms with Crippen molar-refractivity contribution in [3.8, 4) is 0 Å². The average molecular weight is 171 g/mol. The molecule has 0 aliphatic heterocycles. The lowest BCUT2D eigenvalue weighted by molar-refractivity contribution is 0.387. The molecule has 0 aliphatic rings. The Kier molecular flexibility index (Phi) is 7.58. The van der Waals surface area contributed by atoms with Crippen LogP contribution in [0.5, 0.6) is 0 Å². The molecule has 0 fully saturated rings. The minimum Gasteiger partial charge on any atom is -0.309 e. The van der Waals surface area contributed by atoms with Gasteiger partial charge < -0.3 is 4.90 Å². The minimum atomic E-state index is 0.888. The molecule has 0 unspecified atom stereocenters. The van der Waals surface area contributed by atoms with E-state index in [2.05, 4.69) is 32.8 Å². The largest absolute Gasteiger partial charge is 0.309 e. The molecule has 0 heterocycles. The van der Waals surface area contributed by atoms with E-state index in [0.717, 1.165) is 5.92 Å². The van der Waals surface area contributed by atoms with Crippen LogP contribution in [0.4, 0.5) is 0 Å². The lowest BCUT2D eigenvalue weighted by Gasteiger charge is -2.08. The second-order valence-electron chi connectivity index (χ2n) is 4.40. The van der Waals surface area contributed by atoms with Crippen molar-refractivity contribution < 1.29 is 0 Å². The molecule has 0 radical (unpaired) electrons. The molecule has 0 amide bonds. The van der Waals surface area contributed by atoms with E-state index in [1.165, 1.54) is 38.6 Å². The van der Waals surface area contributed by atoms with E-state index in [1.807, 2.05) is 0 Å². The fourth-order valence-electron chi connectivity index (χ4n) is 1.33. The fraction of sp³-hybridized carbons (Fsp3) is 1.00. The van der Waals surface area contributed by atoms with Crippen LogP contribution in [-0.2, 0) is 0 Å². The zero-order chi connectivity index (χ0) is 9.40. The van der Waals surface area contributed by atoms with E-state index in [0.29, 0.717) is 0 Å². The van der Waals surface area contributed by atoms with E-state index < -0.39 is 0 Å². The zero-order valence-corrected chi connectivity index (χ0v) is 9.27. The van der Waals surface area contributed by atoms with Gasteiger partial charge in [0.2, 0.25) is 0 Å². The van der Waals surface area contributed by atoms with Gasteiger partial charge in [0.1, 0.15) is 0 Å². The normalized spacial score (nSPS) is 11.5. The maximum atomic E-state index is 2.31. The molecule has 0 saturated heterocycles. The third-order valence-electron chi connectivity index (χ3n) is 2.14. The molecule has 0 aliphatic carbocycles. The highest BCUT2D eigenvalue weighted by Crippen LogP contribution is 2.09. The van der Waals surface area contributed by atoms with Crippen molar-refractivity contribution in [1.82, 2.24) is 4.90 Å². The summed E-state index contributed by atoms with van der Waals surface area (Å²) >= 11 is 0. The summed E-state index contributed by atoms with van der Waals surface area (Å²) in [5.74, 6) is 0.888. The second kappa shape index (κ2) is 7.60. The van der Waals surface area contributed by atoms with Gasteiger partial charge in [0, 0.05) is 0 Å². The Bertz CT molecular complexity index is 75.0. The van der Waals surface area contributed by atoms with Crippen LogP contribution in [0.25, 0.3) is 0 Å². The van der Waals surface area contributed by atoms with Gasteiger partial charge in [-0.1, -0.05) is 39.5 Å². The van der Waals surface area contributed by atoms with Crippen LogP contribution in [0.3, 0.4) is 0 Å². The van der Waals surface area contributed by atoms with Gasteiger partial charge in [-0.2, -0.15) is 0 Å². The molecule has 0 saturated carbocycles. The maximum Gasteiger partial charge on any atom is -0.00248 e. The van der Waals surface area contributed by atoms with E-state index >= 15 is 0 Å². The highest BCUT2D eigenvalue weighted by molar-refractivity contribution is 4.49. The summed E-state index contributed by atoms with van der Waals surface area (Å²) < 4.78 is 0. The summed E-state index contributed by atoms with van der Waals surface area (Å²) in [5, 5.41) is 0. The van der Waals surface area contributed by atoms with E-state index in [-0.39, 0.29) is 0 Å². The summed E-state index contributed by atoms with van der Waals surface area (Å²) in [6.45, 7) is 5.86. The molecule has 0 rings (SSSR count). The predicted molar refractivity (Wildman–Crippen MR) is 56.5 cm³/mol. The molecule has 0 atom stereocenters. The smallest absolute Gasteiger partial charge is 0.00248 e. The number of rotatable bonds is 7. The highest BCUT2D eigenvalue weighted by atomic mass is 15.0. The minimum absolute atomic E-state index is 0.888. The first kappa shape index (κ1) is 12.0. The van der Waals surface area contributed by atoms with E-state index in [9.17, 15) is 0 Å². The monoisotopic (exact) mass is 171 g/mol. The quantitative estimate of drug-likeness (QED) is 0.532. The Hall–Kier alpha value is -0.0400. The maximum absolute atomic E-state index is 2.31. The van der Waals surface area contributed by atoms with Gasteiger partial charge in [-0.3, -0.25) is 0 Å². The topological polar surface area (TPSA) is 3.24 Å². The summed E-state index contributed by atoms with van der Waals surface area (Å²) in [6.07, 6.45) is 7.02. The van der Waals surface area contributed by atoms with Crippen LogP contribution < -0.4 is 0 Å². The Morgan fingerprint density at radius 1 is 0.917 bits per heavy atom. The molecule has 0 N–H and O–H groups in total. The van der Waals surface area contributed by atoms with Gasteiger partial charge in [-0.25, -0.2) is 0 Å². The van der Waals surface area contributed by atoms with Crippen molar-refractivity contribution in [3.05, 3.63) is 0 Å². The van der Waals surface area contributed by atoms with E-state index in [1.54, 1.807) is 0 Å². The number of nitrogens with zero attached hydrogens (tertiary/aromatic N) is 1. The van der Waals surface area contributed by atoms with Gasteiger partial charge in [0.05, 0.1) is 0 Å². The van der Waals surface area contributed by atoms with Crippen molar-refractivity contribution in [2.75, 3.05) is 20.6 Å². The van der Waals surface area contributed by atoms with Crippen LogP contribution in [0.15, 0.2) is 0 Å². The van der Waals surface area contributed by atoms with Crippen LogP contribution in [0.2, 0.25) is 0 Å². The first-order valence-electron chi connectivity index (χ1n) is 5.27. The lowest BCUT2D eigenvalue weighted by Crippen LogP contribution is -2.12. The van der Waals surface area contributed by atoms with Gasteiger partial charge in [-0.05, 0) is 33.0 Å². The van der Waals surface area contributed by atoms with Crippen molar-refractivity contribution in [1.29, 1.82) is 0 Å². The molecule has 0 spiro atoms. The first-order chi connectivity index (χ1) is 5.63. The number of hydrogen-bond acceptors (Lipinski definition) is 1. The predicted octanol–water partition coefficient (Wildman–Crippen LogP) is 3.15.